The molecule has 6 nitrogen and oxygen atoms in total. The van der Waals surface area contributed by atoms with Crippen molar-refractivity contribution in [1.82, 2.24) is 10.3 Å². The molecule has 2 rings (SSSR count). The van der Waals surface area contributed by atoms with Crippen molar-refractivity contribution >= 4 is 17.2 Å². The normalized spacial score (nSPS) is 12.6. The zero-order valence-electron chi connectivity index (χ0n) is 11.0. The third kappa shape index (κ3) is 3.18. The maximum absolute atomic E-state index is 10.5. The van der Waals surface area contributed by atoms with Crippen LogP contribution in [0.4, 0.5) is 5.88 Å². The first-order valence-corrected chi connectivity index (χ1v) is 6.69. The molecular weight excluding hydrogens is 266 g/mol. The molecule has 1 N–H and O–H groups in total. The molecule has 0 saturated heterocycles. The molecule has 1 unspecified atom stereocenters. The van der Waals surface area contributed by atoms with Crippen LogP contribution in [0.3, 0.4) is 0 Å². The Morgan fingerprint density at radius 2 is 2.26 bits per heavy atom. The maximum atomic E-state index is 10.5. The van der Waals surface area contributed by atoms with E-state index in [1.165, 1.54) is 10.9 Å². The lowest BCUT2D eigenvalue weighted by atomic mass is 10.2. The molecule has 0 radical (unpaired) electrons. The van der Waals surface area contributed by atoms with Gasteiger partial charge in [-0.1, -0.05) is 0 Å². The molecule has 2 aromatic heterocycles. The number of rotatable bonds is 5. The largest absolute Gasteiger partial charge is 0.433 e. The molecule has 0 aromatic carbocycles. The van der Waals surface area contributed by atoms with Crippen LogP contribution in [0.2, 0.25) is 0 Å². The molecule has 102 valence electrons. The summed E-state index contributed by atoms with van der Waals surface area (Å²) in [6.07, 6.45) is 0. The number of furan rings is 1. The molecule has 0 aliphatic carbocycles. The standard InChI is InChI=1S/C12H15N3O3S/c1-7(12-8(2)14-9(3)19-12)13-6-10-4-5-11(18-10)15(16)17/h4-5,7,13H,6H2,1-3H3. The van der Waals surface area contributed by atoms with E-state index in [2.05, 4.69) is 10.3 Å². The van der Waals surface area contributed by atoms with Crippen molar-refractivity contribution in [3.8, 4) is 0 Å². The van der Waals surface area contributed by atoms with Gasteiger partial charge in [0.05, 0.1) is 23.3 Å². The molecule has 0 bridgehead atoms. The van der Waals surface area contributed by atoms with Crippen LogP contribution in [0, 0.1) is 24.0 Å². The minimum atomic E-state index is -0.538. The van der Waals surface area contributed by atoms with Gasteiger partial charge in [0.25, 0.3) is 0 Å². The van der Waals surface area contributed by atoms with Crippen molar-refractivity contribution in [2.45, 2.75) is 33.4 Å². The predicted octanol–water partition coefficient (Wildman–Crippen LogP) is 3.11. The molecule has 1 atom stereocenters. The second kappa shape index (κ2) is 5.50. The summed E-state index contributed by atoms with van der Waals surface area (Å²) >= 11 is 1.66. The fraction of sp³-hybridized carbons (Fsp3) is 0.417. The van der Waals surface area contributed by atoms with Crippen LogP contribution in [0.25, 0.3) is 0 Å². The van der Waals surface area contributed by atoms with Crippen LogP contribution in [0.1, 0.15) is 34.3 Å². The summed E-state index contributed by atoms with van der Waals surface area (Å²) in [6.45, 7) is 6.45. The number of nitrogens with zero attached hydrogens (tertiary/aromatic N) is 2. The van der Waals surface area contributed by atoms with Crippen molar-refractivity contribution in [3.63, 3.8) is 0 Å². The second-order valence-corrected chi connectivity index (χ2v) is 5.52. The molecule has 2 aromatic rings. The fourth-order valence-corrected chi connectivity index (χ4v) is 2.81. The smallest absolute Gasteiger partial charge is 0.404 e. The van der Waals surface area contributed by atoms with Crippen LogP contribution in [0.15, 0.2) is 16.5 Å². The highest BCUT2D eigenvalue weighted by Gasteiger charge is 2.15. The van der Waals surface area contributed by atoms with Gasteiger partial charge in [-0.2, -0.15) is 0 Å². The highest BCUT2D eigenvalue weighted by Crippen LogP contribution is 2.25. The molecule has 7 heteroatoms. The number of nitro groups is 1. The highest BCUT2D eigenvalue weighted by molar-refractivity contribution is 7.11. The Labute approximate surface area is 114 Å². The number of hydrogen-bond donors (Lipinski definition) is 1. The van der Waals surface area contributed by atoms with E-state index in [1.807, 2.05) is 20.8 Å². The van der Waals surface area contributed by atoms with Gasteiger partial charge in [0, 0.05) is 10.9 Å². The number of thiazole rings is 1. The second-order valence-electron chi connectivity index (χ2n) is 4.28. The van der Waals surface area contributed by atoms with Gasteiger partial charge >= 0.3 is 5.88 Å². The first kappa shape index (κ1) is 13.7. The van der Waals surface area contributed by atoms with Crippen molar-refractivity contribution < 1.29 is 9.34 Å². The molecule has 0 amide bonds. The van der Waals surface area contributed by atoms with E-state index >= 15 is 0 Å². The van der Waals surface area contributed by atoms with Gasteiger partial charge in [-0.05, 0) is 26.8 Å². The van der Waals surface area contributed by atoms with Gasteiger partial charge in [0.15, 0.2) is 0 Å². The minimum Gasteiger partial charge on any atom is -0.404 e. The van der Waals surface area contributed by atoms with Gasteiger partial charge in [0.1, 0.15) is 10.7 Å². The van der Waals surface area contributed by atoms with Crippen LogP contribution < -0.4 is 5.32 Å². The van der Waals surface area contributed by atoms with E-state index in [1.54, 1.807) is 17.4 Å². The van der Waals surface area contributed by atoms with Crippen LogP contribution >= 0.6 is 11.3 Å². The molecule has 0 saturated carbocycles. The maximum Gasteiger partial charge on any atom is 0.433 e. The third-order valence-corrected chi connectivity index (χ3v) is 4.00. The molecule has 0 fully saturated rings. The van der Waals surface area contributed by atoms with Crippen molar-refractivity contribution in [3.05, 3.63) is 43.6 Å². The molecular formula is C12H15N3O3S. The van der Waals surface area contributed by atoms with Crippen LogP contribution in [0.5, 0.6) is 0 Å². The Bertz CT molecular complexity index is 591. The number of aromatic nitrogens is 1. The Kier molecular flexibility index (Phi) is 3.96. The quantitative estimate of drug-likeness (QED) is 0.672. The molecule has 2 heterocycles. The van der Waals surface area contributed by atoms with E-state index in [-0.39, 0.29) is 11.9 Å². The minimum absolute atomic E-state index is 0.135. The molecule has 0 aliphatic heterocycles. The van der Waals surface area contributed by atoms with Crippen LogP contribution in [-0.2, 0) is 6.54 Å². The predicted molar refractivity (Wildman–Crippen MR) is 72.2 cm³/mol. The van der Waals surface area contributed by atoms with E-state index < -0.39 is 4.92 Å². The Hall–Kier alpha value is -1.73. The van der Waals surface area contributed by atoms with Gasteiger partial charge in [-0.3, -0.25) is 10.1 Å². The van der Waals surface area contributed by atoms with Crippen molar-refractivity contribution in [1.29, 1.82) is 0 Å². The third-order valence-electron chi connectivity index (χ3n) is 2.74. The molecule has 0 aliphatic rings. The summed E-state index contributed by atoms with van der Waals surface area (Å²) in [6, 6.07) is 3.11. The van der Waals surface area contributed by atoms with Gasteiger partial charge in [-0.25, -0.2) is 4.98 Å². The van der Waals surface area contributed by atoms with E-state index in [0.29, 0.717) is 12.3 Å². The summed E-state index contributed by atoms with van der Waals surface area (Å²) in [7, 11) is 0. The average molecular weight is 281 g/mol. The van der Waals surface area contributed by atoms with Crippen molar-refractivity contribution in [2.75, 3.05) is 0 Å². The molecule has 0 spiro atoms. The number of nitrogens with one attached hydrogen (secondary N) is 1. The SMILES string of the molecule is Cc1nc(C)c(C(C)NCc2ccc([N+](=O)[O-])o2)s1. The fourth-order valence-electron chi connectivity index (χ4n) is 1.85. The van der Waals surface area contributed by atoms with E-state index in [4.69, 9.17) is 4.42 Å². The van der Waals surface area contributed by atoms with Crippen LogP contribution in [-0.4, -0.2) is 9.91 Å². The Morgan fingerprint density at radius 1 is 1.53 bits per heavy atom. The zero-order valence-corrected chi connectivity index (χ0v) is 11.8. The van der Waals surface area contributed by atoms with E-state index in [9.17, 15) is 10.1 Å². The zero-order chi connectivity index (χ0) is 14.0. The highest BCUT2D eigenvalue weighted by atomic mass is 32.1. The Balaban J connectivity index is 1.98. The monoisotopic (exact) mass is 281 g/mol. The first-order valence-electron chi connectivity index (χ1n) is 5.87. The number of aryl methyl sites for hydroxylation is 2. The van der Waals surface area contributed by atoms with Crippen molar-refractivity contribution in [2.24, 2.45) is 0 Å². The number of hydrogen-bond acceptors (Lipinski definition) is 6. The van der Waals surface area contributed by atoms with Gasteiger partial charge < -0.3 is 9.73 Å². The lowest BCUT2D eigenvalue weighted by molar-refractivity contribution is -0.402. The lowest BCUT2D eigenvalue weighted by Crippen LogP contribution is -2.17. The van der Waals surface area contributed by atoms with Gasteiger partial charge in [0.2, 0.25) is 0 Å². The lowest BCUT2D eigenvalue weighted by Gasteiger charge is -2.11. The summed E-state index contributed by atoms with van der Waals surface area (Å²) in [5.41, 5.74) is 1.02. The summed E-state index contributed by atoms with van der Waals surface area (Å²) in [5, 5.41) is 14.8. The topological polar surface area (TPSA) is 81.2 Å². The first-order chi connectivity index (χ1) is 8.97. The van der Waals surface area contributed by atoms with Gasteiger partial charge in [-0.15, -0.1) is 11.3 Å². The average Bonchev–Trinajstić information content (AvgIpc) is 2.93. The Morgan fingerprint density at radius 3 is 2.79 bits per heavy atom. The summed E-state index contributed by atoms with van der Waals surface area (Å²) < 4.78 is 5.09. The summed E-state index contributed by atoms with van der Waals surface area (Å²) in [4.78, 5) is 15.5. The molecule has 19 heavy (non-hydrogen) atoms. The van der Waals surface area contributed by atoms with E-state index in [0.717, 1.165) is 10.7 Å². The summed E-state index contributed by atoms with van der Waals surface area (Å²) in [5.74, 6) is 0.326.